The summed E-state index contributed by atoms with van der Waals surface area (Å²) in [5.74, 6) is 3.49. The van der Waals surface area contributed by atoms with Crippen molar-refractivity contribution in [2.45, 2.75) is 46.6 Å². The van der Waals surface area contributed by atoms with E-state index in [4.69, 9.17) is 4.74 Å². The molecule has 0 N–H and O–H groups in total. The minimum Gasteiger partial charge on any atom is -0.450 e. The first-order chi connectivity index (χ1) is 6.54. The number of ether oxygens (including phenoxy) is 1. The molecule has 0 heterocycles. The standard InChI is InChI=1S/C11H16F2O2/c1-10(2,3)15-8(14)6-7-11(4,5)9(12)13/h9H,1-5H3. The van der Waals surface area contributed by atoms with Gasteiger partial charge in [-0.25, -0.2) is 13.6 Å². The fourth-order valence-corrected chi connectivity index (χ4v) is 0.570. The van der Waals surface area contributed by atoms with Gasteiger partial charge in [0.1, 0.15) is 5.60 Å². The Balaban J connectivity index is 4.49. The van der Waals surface area contributed by atoms with E-state index in [2.05, 4.69) is 11.8 Å². The van der Waals surface area contributed by atoms with Crippen LogP contribution in [0.3, 0.4) is 0 Å². The topological polar surface area (TPSA) is 26.3 Å². The Morgan fingerprint density at radius 1 is 1.20 bits per heavy atom. The highest BCUT2D eigenvalue weighted by Crippen LogP contribution is 2.23. The van der Waals surface area contributed by atoms with Crippen LogP contribution in [0.4, 0.5) is 8.78 Å². The Hall–Kier alpha value is -1.11. The van der Waals surface area contributed by atoms with Crippen molar-refractivity contribution in [2.24, 2.45) is 5.41 Å². The zero-order chi connectivity index (χ0) is 12.3. The smallest absolute Gasteiger partial charge is 0.384 e. The van der Waals surface area contributed by atoms with E-state index in [1.165, 1.54) is 13.8 Å². The highest BCUT2D eigenvalue weighted by molar-refractivity contribution is 5.88. The van der Waals surface area contributed by atoms with E-state index in [-0.39, 0.29) is 0 Å². The molecule has 0 aliphatic rings. The molecule has 0 spiro atoms. The van der Waals surface area contributed by atoms with Gasteiger partial charge in [0, 0.05) is 5.92 Å². The number of hydrogen-bond donors (Lipinski definition) is 0. The summed E-state index contributed by atoms with van der Waals surface area (Å²) in [4.78, 5) is 11.1. The van der Waals surface area contributed by atoms with Crippen LogP contribution >= 0.6 is 0 Å². The van der Waals surface area contributed by atoms with Gasteiger partial charge in [0.05, 0.1) is 5.41 Å². The van der Waals surface area contributed by atoms with Gasteiger partial charge >= 0.3 is 5.97 Å². The van der Waals surface area contributed by atoms with Crippen molar-refractivity contribution in [3.05, 3.63) is 0 Å². The van der Waals surface area contributed by atoms with Crippen LogP contribution in [0.1, 0.15) is 34.6 Å². The minimum atomic E-state index is -2.59. The van der Waals surface area contributed by atoms with Crippen molar-refractivity contribution in [3.63, 3.8) is 0 Å². The van der Waals surface area contributed by atoms with Crippen LogP contribution in [0, 0.1) is 17.3 Å². The first-order valence-electron chi connectivity index (χ1n) is 4.59. The van der Waals surface area contributed by atoms with Crippen LogP contribution < -0.4 is 0 Å². The summed E-state index contributed by atoms with van der Waals surface area (Å²) in [6.45, 7) is 7.60. The van der Waals surface area contributed by atoms with Crippen LogP contribution in [0.2, 0.25) is 0 Å². The van der Waals surface area contributed by atoms with E-state index in [9.17, 15) is 13.6 Å². The first-order valence-corrected chi connectivity index (χ1v) is 4.59. The summed E-state index contributed by atoms with van der Waals surface area (Å²) in [5, 5.41) is 0. The molecular formula is C11H16F2O2. The molecule has 4 heteroatoms. The lowest BCUT2D eigenvalue weighted by Gasteiger charge is -2.18. The van der Waals surface area contributed by atoms with Crippen LogP contribution in [0.5, 0.6) is 0 Å². The van der Waals surface area contributed by atoms with Crippen molar-refractivity contribution in [1.82, 2.24) is 0 Å². The molecule has 0 aliphatic carbocycles. The molecule has 0 aromatic rings. The molecule has 0 bridgehead atoms. The molecule has 0 unspecified atom stereocenters. The normalized spacial score (nSPS) is 12.0. The van der Waals surface area contributed by atoms with Crippen LogP contribution in [0.25, 0.3) is 0 Å². The number of carbonyl (C=O) groups excluding carboxylic acids is 1. The van der Waals surface area contributed by atoms with Gasteiger partial charge in [-0.2, -0.15) is 0 Å². The van der Waals surface area contributed by atoms with Gasteiger partial charge in [0.25, 0.3) is 6.43 Å². The van der Waals surface area contributed by atoms with E-state index >= 15 is 0 Å². The molecule has 0 aliphatic heterocycles. The van der Waals surface area contributed by atoms with Crippen molar-refractivity contribution in [1.29, 1.82) is 0 Å². The fourth-order valence-electron chi connectivity index (χ4n) is 0.570. The number of rotatable bonds is 1. The first kappa shape index (κ1) is 13.9. The average Bonchev–Trinajstić information content (AvgIpc) is 1.97. The Bertz CT molecular complexity index is 290. The number of hydrogen-bond acceptors (Lipinski definition) is 2. The van der Waals surface area contributed by atoms with Gasteiger partial charge in [0.2, 0.25) is 0 Å². The molecule has 0 fully saturated rings. The summed E-state index contributed by atoms with van der Waals surface area (Å²) in [5.41, 5.74) is -2.14. The highest BCUT2D eigenvalue weighted by atomic mass is 19.3. The molecule has 0 aromatic carbocycles. The third kappa shape index (κ3) is 6.05. The van der Waals surface area contributed by atoms with Gasteiger partial charge in [-0.15, -0.1) is 0 Å². The predicted molar refractivity (Wildman–Crippen MR) is 53.4 cm³/mol. The second-order valence-electron chi connectivity index (χ2n) is 4.77. The number of esters is 1. The van der Waals surface area contributed by atoms with Crippen molar-refractivity contribution < 1.29 is 18.3 Å². The quantitative estimate of drug-likeness (QED) is 0.384. The molecule has 0 amide bonds. The van der Waals surface area contributed by atoms with E-state index in [0.717, 1.165) is 0 Å². The second kappa shape index (κ2) is 4.61. The van der Waals surface area contributed by atoms with Crippen LogP contribution in [-0.2, 0) is 9.53 Å². The Morgan fingerprint density at radius 2 is 1.67 bits per heavy atom. The minimum absolute atomic E-state index is 0.652. The molecular weight excluding hydrogens is 202 g/mol. The predicted octanol–water partition coefficient (Wildman–Crippen LogP) is 2.62. The van der Waals surface area contributed by atoms with Gasteiger partial charge in [0.15, 0.2) is 0 Å². The maximum atomic E-state index is 12.3. The molecule has 0 atom stereocenters. The molecule has 2 nitrogen and oxygen atoms in total. The molecule has 15 heavy (non-hydrogen) atoms. The third-order valence-corrected chi connectivity index (χ3v) is 1.43. The zero-order valence-corrected chi connectivity index (χ0v) is 9.65. The zero-order valence-electron chi connectivity index (χ0n) is 9.65. The lowest BCUT2D eigenvalue weighted by atomic mass is 9.95. The van der Waals surface area contributed by atoms with Gasteiger partial charge in [-0.05, 0) is 34.6 Å². The van der Waals surface area contributed by atoms with Crippen LogP contribution in [0.15, 0.2) is 0 Å². The molecule has 86 valence electrons. The van der Waals surface area contributed by atoms with E-state index in [1.807, 2.05) is 0 Å². The SMILES string of the molecule is CC(C)(C)OC(=O)C#CC(C)(C)C(F)F. The Kier molecular flexibility index (Phi) is 4.27. The number of carbonyl (C=O) groups is 1. The Morgan fingerprint density at radius 3 is 2.00 bits per heavy atom. The number of alkyl halides is 2. The largest absolute Gasteiger partial charge is 0.450 e. The maximum Gasteiger partial charge on any atom is 0.384 e. The molecule has 0 radical (unpaired) electrons. The lowest BCUT2D eigenvalue weighted by molar-refractivity contribution is -0.147. The van der Waals surface area contributed by atoms with Gasteiger partial charge < -0.3 is 4.74 Å². The highest BCUT2D eigenvalue weighted by Gasteiger charge is 2.27. The number of halogens is 2. The summed E-state index contributed by atoms with van der Waals surface area (Å²) < 4.78 is 29.5. The Labute approximate surface area is 89.0 Å². The van der Waals surface area contributed by atoms with Crippen molar-refractivity contribution >= 4 is 5.97 Å². The van der Waals surface area contributed by atoms with E-state index in [1.54, 1.807) is 20.8 Å². The third-order valence-electron chi connectivity index (χ3n) is 1.43. The average molecular weight is 218 g/mol. The van der Waals surface area contributed by atoms with Crippen LogP contribution in [-0.4, -0.2) is 18.0 Å². The molecule has 0 saturated carbocycles. The van der Waals surface area contributed by atoms with Crippen molar-refractivity contribution in [3.8, 4) is 11.8 Å². The molecule has 0 aromatic heterocycles. The van der Waals surface area contributed by atoms with E-state index in [0.29, 0.717) is 0 Å². The van der Waals surface area contributed by atoms with Gasteiger partial charge in [-0.3, -0.25) is 0 Å². The summed E-state index contributed by atoms with van der Waals surface area (Å²) >= 11 is 0. The monoisotopic (exact) mass is 218 g/mol. The lowest BCUT2D eigenvalue weighted by Crippen LogP contribution is -2.24. The summed E-state index contributed by atoms with van der Waals surface area (Å²) in [6.07, 6.45) is -2.59. The second-order valence-corrected chi connectivity index (χ2v) is 4.77. The van der Waals surface area contributed by atoms with Gasteiger partial charge in [-0.1, -0.05) is 5.92 Å². The molecule has 0 rings (SSSR count). The maximum absolute atomic E-state index is 12.3. The summed E-state index contributed by atoms with van der Waals surface area (Å²) in [7, 11) is 0. The van der Waals surface area contributed by atoms with Crippen molar-refractivity contribution in [2.75, 3.05) is 0 Å². The molecule has 0 saturated heterocycles. The summed E-state index contributed by atoms with van der Waals surface area (Å²) in [6, 6.07) is 0. The fraction of sp³-hybridized carbons (Fsp3) is 0.727. The van der Waals surface area contributed by atoms with E-state index < -0.39 is 23.4 Å².